The van der Waals surface area contributed by atoms with Gasteiger partial charge in [0.15, 0.2) is 11.5 Å². The molecule has 0 unspecified atom stereocenters. The van der Waals surface area contributed by atoms with Crippen LogP contribution in [0.15, 0.2) is 27.9 Å². The Morgan fingerprint density at radius 3 is 2.70 bits per heavy atom. The van der Waals surface area contributed by atoms with Crippen molar-refractivity contribution < 1.29 is 24.2 Å². The zero-order valence-corrected chi connectivity index (χ0v) is 17.6. The number of halogens is 1. The van der Waals surface area contributed by atoms with E-state index in [0.717, 1.165) is 19.3 Å². The maximum absolute atomic E-state index is 12.8. The molecule has 0 aromatic heterocycles. The number of unbranched alkanes of at least 4 members (excludes halogenated alkanes) is 2. The van der Waals surface area contributed by atoms with E-state index in [1.165, 1.54) is 12.0 Å². The van der Waals surface area contributed by atoms with E-state index in [4.69, 9.17) is 9.47 Å². The van der Waals surface area contributed by atoms with Crippen LogP contribution in [0.5, 0.6) is 11.5 Å². The van der Waals surface area contributed by atoms with Crippen molar-refractivity contribution in [3.63, 3.8) is 0 Å². The third-order valence-corrected chi connectivity index (χ3v) is 5.16. The van der Waals surface area contributed by atoms with Crippen LogP contribution in [-0.4, -0.2) is 42.8 Å². The summed E-state index contributed by atoms with van der Waals surface area (Å²) in [7, 11) is 3.03. The van der Waals surface area contributed by atoms with Gasteiger partial charge in [-0.1, -0.05) is 19.8 Å². The van der Waals surface area contributed by atoms with Crippen LogP contribution in [0.25, 0.3) is 0 Å². The highest BCUT2D eigenvalue weighted by Crippen LogP contribution is 2.40. The molecule has 8 heteroatoms. The molecule has 1 aliphatic heterocycles. The molecule has 0 aliphatic carbocycles. The topological polar surface area (TPSA) is 88.1 Å². The monoisotopic (exact) mass is 440 g/mol. The zero-order chi connectivity index (χ0) is 20.1. The molecule has 2 rings (SSSR count). The van der Waals surface area contributed by atoms with E-state index in [-0.39, 0.29) is 17.5 Å². The lowest BCUT2D eigenvalue weighted by Crippen LogP contribution is -2.46. The molecule has 2 N–H and O–H groups in total. The largest absolute Gasteiger partial charge is 0.503 e. The minimum absolute atomic E-state index is 0.0510. The number of phenolic OH excluding ortho intramolecular Hbond substituents is 1. The van der Waals surface area contributed by atoms with Gasteiger partial charge in [0.05, 0.1) is 29.8 Å². The van der Waals surface area contributed by atoms with Crippen molar-refractivity contribution in [3.8, 4) is 11.5 Å². The quantitative estimate of drug-likeness (QED) is 0.496. The highest BCUT2D eigenvalue weighted by molar-refractivity contribution is 9.10. The van der Waals surface area contributed by atoms with Gasteiger partial charge in [-0.25, -0.2) is 9.59 Å². The summed E-state index contributed by atoms with van der Waals surface area (Å²) in [4.78, 5) is 26.4. The predicted molar refractivity (Wildman–Crippen MR) is 105 cm³/mol. The summed E-state index contributed by atoms with van der Waals surface area (Å²) in [5.41, 5.74) is 1.47. The number of hydrogen-bond donors (Lipinski definition) is 2. The molecule has 2 amide bonds. The Hall–Kier alpha value is -2.22. The molecule has 1 atom stereocenters. The number of methoxy groups -OCH3 is 1. The number of allylic oxidation sites excluding steroid dienone is 1. The van der Waals surface area contributed by atoms with Gasteiger partial charge >= 0.3 is 12.0 Å². The number of ether oxygens (including phenoxy) is 2. The first-order valence-electron chi connectivity index (χ1n) is 8.80. The molecule has 1 aromatic carbocycles. The van der Waals surface area contributed by atoms with Gasteiger partial charge in [0.1, 0.15) is 0 Å². The number of nitrogens with one attached hydrogen (secondary N) is 1. The van der Waals surface area contributed by atoms with Crippen LogP contribution in [0.3, 0.4) is 0 Å². The van der Waals surface area contributed by atoms with Gasteiger partial charge in [0, 0.05) is 12.7 Å². The van der Waals surface area contributed by atoms with E-state index in [2.05, 4.69) is 28.2 Å². The van der Waals surface area contributed by atoms with Gasteiger partial charge in [-0.3, -0.25) is 0 Å². The molecule has 0 saturated heterocycles. The van der Waals surface area contributed by atoms with Gasteiger partial charge in [-0.2, -0.15) is 0 Å². The van der Waals surface area contributed by atoms with E-state index < -0.39 is 12.0 Å². The van der Waals surface area contributed by atoms with Crippen LogP contribution in [-0.2, 0) is 9.53 Å². The second-order valence-corrected chi connectivity index (χ2v) is 7.19. The number of urea groups is 1. The summed E-state index contributed by atoms with van der Waals surface area (Å²) < 4.78 is 11.0. The van der Waals surface area contributed by atoms with Crippen molar-refractivity contribution in [1.29, 1.82) is 0 Å². The van der Waals surface area contributed by atoms with E-state index in [9.17, 15) is 14.7 Å². The van der Waals surface area contributed by atoms with Crippen molar-refractivity contribution in [2.45, 2.75) is 39.2 Å². The highest BCUT2D eigenvalue weighted by atomic mass is 79.9. The Morgan fingerprint density at radius 1 is 1.37 bits per heavy atom. The molecular weight excluding hydrogens is 416 g/mol. The highest BCUT2D eigenvalue weighted by Gasteiger charge is 2.35. The molecule has 1 aromatic rings. The van der Waals surface area contributed by atoms with E-state index in [0.29, 0.717) is 27.9 Å². The average Bonchev–Trinajstić information content (AvgIpc) is 2.64. The molecule has 0 fully saturated rings. The number of esters is 1. The Bertz CT molecular complexity index is 763. The Kier molecular flexibility index (Phi) is 7.12. The van der Waals surface area contributed by atoms with Crippen LogP contribution in [0, 0.1) is 0 Å². The number of rotatable bonds is 7. The molecule has 0 bridgehead atoms. The van der Waals surface area contributed by atoms with Crippen LogP contribution < -0.4 is 10.1 Å². The number of phenols is 1. The first kappa shape index (κ1) is 21.1. The van der Waals surface area contributed by atoms with Gasteiger partial charge in [0.2, 0.25) is 0 Å². The smallest absolute Gasteiger partial charge is 0.338 e. The fourth-order valence-corrected chi connectivity index (χ4v) is 3.32. The van der Waals surface area contributed by atoms with Crippen molar-refractivity contribution in [3.05, 3.63) is 33.4 Å². The van der Waals surface area contributed by atoms with Crippen molar-refractivity contribution in [1.82, 2.24) is 10.2 Å². The van der Waals surface area contributed by atoms with Crippen LogP contribution >= 0.6 is 15.9 Å². The number of nitrogens with zero attached hydrogens (tertiary/aromatic N) is 1. The number of hydrogen-bond acceptors (Lipinski definition) is 5. The van der Waals surface area contributed by atoms with Crippen LogP contribution in [0.4, 0.5) is 4.79 Å². The number of carbonyl (C=O) groups excluding carboxylic acids is 2. The number of aromatic hydroxyl groups is 1. The number of carbonyl (C=O) groups is 2. The lowest BCUT2D eigenvalue weighted by atomic mass is 9.94. The van der Waals surface area contributed by atoms with Gasteiger partial charge in [-0.05, 0) is 47.0 Å². The summed E-state index contributed by atoms with van der Waals surface area (Å²) in [6.07, 6.45) is 2.80. The Balaban J connectivity index is 2.42. The predicted octanol–water partition coefficient (Wildman–Crippen LogP) is 3.87. The lowest BCUT2D eigenvalue weighted by molar-refractivity contribution is -0.139. The maximum Gasteiger partial charge on any atom is 0.338 e. The SMILES string of the molecule is CCCCCOC(=O)C1=C(C)N(C)C(=O)N[C@@H]1c1cc(Br)c(O)c(OC)c1. The molecule has 0 spiro atoms. The fourth-order valence-electron chi connectivity index (χ4n) is 2.86. The lowest BCUT2D eigenvalue weighted by Gasteiger charge is -2.33. The molecule has 0 radical (unpaired) electrons. The van der Waals surface area contributed by atoms with E-state index in [1.807, 2.05) is 0 Å². The number of amides is 2. The fraction of sp³-hybridized carbons (Fsp3) is 0.474. The Labute approximate surface area is 167 Å². The second kappa shape index (κ2) is 9.12. The molecule has 148 valence electrons. The molecule has 0 saturated carbocycles. The Morgan fingerprint density at radius 2 is 2.07 bits per heavy atom. The average molecular weight is 441 g/mol. The first-order valence-corrected chi connectivity index (χ1v) is 9.59. The van der Waals surface area contributed by atoms with Crippen molar-refractivity contribution in [2.24, 2.45) is 0 Å². The van der Waals surface area contributed by atoms with Gasteiger partial charge < -0.3 is 24.8 Å². The van der Waals surface area contributed by atoms with Crippen LogP contribution in [0.2, 0.25) is 0 Å². The van der Waals surface area contributed by atoms with E-state index in [1.54, 1.807) is 26.1 Å². The normalized spacial score (nSPS) is 17.0. The van der Waals surface area contributed by atoms with Crippen molar-refractivity contribution in [2.75, 3.05) is 20.8 Å². The summed E-state index contributed by atoms with van der Waals surface area (Å²) in [5, 5.41) is 12.9. The molecule has 1 heterocycles. The standard InChI is InChI=1S/C19H25BrN2O5/c1-5-6-7-8-27-18(24)15-11(2)22(3)19(25)21-16(15)12-9-13(20)17(23)14(10-12)26-4/h9-10,16,23H,5-8H2,1-4H3,(H,21,25)/t16-/m1/s1. The third kappa shape index (κ3) is 4.55. The van der Waals surface area contributed by atoms with Gasteiger partial charge in [0.25, 0.3) is 0 Å². The summed E-state index contributed by atoms with van der Waals surface area (Å²) in [6, 6.07) is 2.20. The molecule has 1 aliphatic rings. The van der Waals surface area contributed by atoms with Crippen molar-refractivity contribution >= 4 is 27.9 Å². The second-order valence-electron chi connectivity index (χ2n) is 6.34. The van der Waals surface area contributed by atoms with Crippen LogP contribution in [0.1, 0.15) is 44.7 Å². The molecular formula is C19H25BrN2O5. The third-order valence-electron chi connectivity index (χ3n) is 4.56. The minimum atomic E-state index is -0.710. The van der Waals surface area contributed by atoms with Gasteiger partial charge in [-0.15, -0.1) is 0 Å². The zero-order valence-electron chi connectivity index (χ0n) is 16.0. The van der Waals surface area contributed by atoms with E-state index >= 15 is 0 Å². The molecule has 7 nitrogen and oxygen atoms in total. The minimum Gasteiger partial charge on any atom is -0.503 e. The first-order chi connectivity index (χ1) is 12.8. The summed E-state index contributed by atoms with van der Waals surface area (Å²) in [6.45, 7) is 4.11. The summed E-state index contributed by atoms with van der Waals surface area (Å²) in [5.74, 6) is -0.283. The summed E-state index contributed by atoms with van der Waals surface area (Å²) >= 11 is 3.28. The maximum atomic E-state index is 12.8. The molecule has 27 heavy (non-hydrogen) atoms. The number of benzene rings is 1.